The maximum Gasteiger partial charge on any atom is 0.200 e. The second-order valence-corrected chi connectivity index (χ2v) is 4.20. The van der Waals surface area contributed by atoms with E-state index in [1.165, 1.54) is 6.07 Å². The average Bonchev–Trinajstić information content (AvgIpc) is 2.16. The monoisotopic (exact) mass is 229 g/mol. The quantitative estimate of drug-likeness (QED) is 0.861. The molecule has 0 fully saturated rings. The lowest BCUT2D eigenvalue weighted by Crippen LogP contribution is -2.19. The summed E-state index contributed by atoms with van der Waals surface area (Å²) in [6.45, 7) is 5.33. The van der Waals surface area contributed by atoms with Crippen LogP contribution in [0.15, 0.2) is 12.1 Å². The summed E-state index contributed by atoms with van der Waals surface area (Å²) in [5, 5.41) is 0. The van der Waals surface area contributed by atoms with Crippen LogP contribution in [0.3, 0.4) is 0 Å². The molecule has 0 saturated carbocycles. The van der Waals surface area contributed by atoms with Crippen LogP contribution in [0.2, 0.25) is 0 Å². The molecule has 2 nitrogen and oxygen atoms in total. The van der Waals surface area contributed by atoms with Gasteiger partial charge in [0.25, 0.3) is 0 Å². The van der Waals surface area contributed by atoms with Crippen LogP contribution in [0.1, 0.15) is 26.3 Å². The summed E-state index contributed by atoms with van der Waals surface area (Å²) in [6.07, 6.45) is 0.252. The number of benzene rings is 1. The maximum atomic E-state index is 13.5. The van der Waals surface area contributed by atoms with Gasteiger partial charge in [0.2, 0.25) is 5.82 Å². The third kappa shape index (κ3) is 3.17. The third-order valence-electron chi connectivity index (χ3n) is 2.03. The number of nitrogens with two attached hydrogens (primary N) is 1. The molecule has 16 heavy (non-hydrogen) atoms. The van der Waals surface area contributed by atoms with Gasteiger partial charge in [-0.2, -0.15) is 4.39 Å². The van der Waals surface area contributed by atoms with Gasteiger partial charge in [-0.1, -0.05) is 6.07 Å². The highest BCUT2D eigenvalue weighted by Gasteiger charge is 2.16. The van der Waals surface area contributed by atoms with Crippen molar-refractivity contribution in [3.63, 3.8) is 0 Å². The molecule has 0 aliphatic rings. The molecule has 0 aliphatic heterocycles. The molecule has 0 aliphatic carbocycles. The normalized spacial score (nSPS) is 12.9. The van der Waals surface area contributed by atoms with E-state index in [9.17, 15) is 8.78 Å². The van der Waals surface area contributed by atoms with Crippen molar-refractivity contribution in [1.29, 1.82) is 0 Å². The molecule has 90 valence electrons. The highest BCUT2D eigenvalue weighted by molar-refractivity contribution is 5.36. The maximum absolute atomic E-state index is 13.5. The number of halogens is 2. The number of hydrogen-bond acceptors (Lipinski definition) is 2. The molecule has 1 aromatic rings. The topological polar surface area (TPSA) is 35.2 Å². The van der Waals surface area contributed by atoms with Gasteiger partial charge < -0.3 is 10.5 Å². The summed E-state index contributed by atoms with van der Waals surface area (Å²) in [5.74, 6) is -1.86. The van der Waals surface area contributed by atoms with Crippen LogP contribution >= 0.6 is 0 Å². The number of rotatable bonds is 4. The molecule has 0 amide bonds. The first-order valence-corrected chi connectivity index (χ1v) is 5.31. The van der Waals surface area contributed by atoms with E-state index >= 15 is 0 Å². The SMILES string of the molecule is CC(N)Cc1ccc(F)c(F)c1OC(C)C. The van der Waals surface area contributed by atoms with E-state index in [4.69, 9.17) is 10.5 Å². The highest BCUT2D eigenvalue weighted by atomic mass is 19.2. The lowest BCUT2D eigenvalue weighted by atomic mass is 10.1. The zero-order valence-electron chi connectivity index (χ0n) is 9.76. The summed E-state index contributed by atoms with van der Waals surface area (Å²) in [6, 6.07) is 2.49. The van der Waals surface area contributed by atoms with E-state index in [2.05, 4.69) is 0 Å². The fourth-order valence-electron chi connectivity index (χ4n) is 1.44. The van der Waals surface area contributed by atoms with Crippen molar-refractivity contribution >= 4 is 0 Å². The van der Waals surface area contributed by atoms with Crippen molar-refractivity contribution in [3.8, 4) is 5.75 Å². The van der Waals surface area contributed by atoms with Crippen molar-refractivity contribution in [2.24, 2.45) is 5.73 Å². The second-order valence-electron chi connectivity index (χ2n) is 4.20. The average molecular weight is 229 g/mol. The molecule has 0 radical (unpaired) electrons. The summed E-state index contributed by atoms with van der Waals surface area (Å²) < 4.78 is 31.9. The zero-order valence-corrected chi connectivity index (χ0v) is 9.76. The van der Waals surface area contributed by atoms with Gasteiger partial charge >= 0.3 is 0 Å². The molecule has 1 unspecified atom stereocenters. The van der Waals surface area contributed by atoms with Crippen molar-refractivity contribution in [2.45, 2.75) is 39.3 Å². The predicted octanol–water partition coefficient (Wildman–Crippen LogP) is 2.64. The summed E-state index contributed by atoms with van der Waals surface area (Å²) in [5.41, 5.74) is 6.24. The van der Waals surface area contributed by atoms with E-state index < -0.39 is 11.6 Å². The van der Waals surface area contributed by atoms with Gasteiger partial charge in [-0.15, -0.1) is 0 Å². The van der Waals surface area contributed by atoms with E-state index in [1.54, 1.807) is 20.8 Å². The van der Waals surface area contributed by atoms with Crippen molar-refractivity contribution in [1.82, 2.24) is 0 Å². The Morgan fingerprint density at radius 3 is 2.38 bits per heavy atom. The van der Waals surface area contributed by atoms with E-state index in [0.29, 0.717) is 12.0 Å². The predicted molar refractivity (Wildman–Crippen MR) is 59.5 cm³/mol. The lowest BCUT2D eigenvalue weighted by molar-refractivity contribution is 0.225. The standard InChI is InChI=1S/C12H17F2NO/c1-7(2)16-12-9(6-8(3)15)4-5-10(13)11(12)14/h4-5,7-8H,6,15H2,1-3H3. The van der Waals surface area contributed by atoms with E-state index in [0.717, 1.165) is 6.07 Å². The fraction of sp³-hybridized carbons (Fsp3) is 0.500. The van der Waals surface area contributed by atoms with Gasteiger partial charge in [-0.25, -0.2) is 4.39 Å². The molecular formula is C12H17F2NO. The fourth-order valence-corrected chi connectivity index (χ4v) is 1.44. The Morgan fingerprint density at radius 2 is 1.88 bits per heavy atom. The molecule has 1 rings (SSSR count). The molecule has 0 saturated heterocycles. The van der Waals surface area contributed by atoms with Crippen molar-refractivity contribution in [3.05, 3.63) is 29.3 Å². The van der Waals surface area contributed by atoms with Gasteiger partial charge in [0, 0.05) is 6.04 Å². The molecule has 0 aromatic heterocycles. The first-order chi connectivity index (χ1) is 7.41. The molecular weight excluding hydrogens is 212 g/mol. The minimum absolute atomic E-state index is 0.0210. The first-order valence-electron chi connectivity index (χ1n) is 5.31. The molecule has 4 heteroatoms. The Labute approximate surface area is 94.4 Å². The van der Waals surface area contributed by atoms with Crippen LogP contribution in [-0.2, 0) is 6.42 Å². The molecule has 2 N–H and O–H groups in total. The largest absolute Gasteiger partial charge is 0.488 e. The summed E-state index contributed by atoms with van der Waals surface area (Å²) in [4.78, 5) is 0. The Kier molecular flexibility index (Phi) is 4.24. The minimum atomic E-state index is -0.938. The first kappa shape index (κ1) is 12.9. The van der Waals surface area contributed by atoms with Crippen LogP contribution in [-0.4, -0.2) is 12.1 Å². The van der Waals surface area contributed by atoms with Gasteiger partial charge in [0.05, 0.1) is 6.10 Å². The van der Waals surface area contributed by atoms with Crippen molar-refractivity contribution in [2.75, 3.05) is 0 Å². The van der Waals surface area contributed by atoms with Gasteiger partial charge in [0.1, 0.15) is 0 Å². The number of hydrogen-bond donors (Lipinski definition) is 1. The molecule has 1 atom stereocenters. The van der Waals surface area contributed by atoms with Crippen LogP contribution in [0.4, 0.5) is 8.78 Å². The van der Waals surface area contributed by atoms with Crippen molar-refractivity contribution < 1.29 is 13.5 Å². The summed E-state index contributed by atoms with van der Waals surface area (Å²) in [7, 11) is 0. The third-order valence-corrected chi connectivity index (χ3v) is 2.03. The Bertz CT molecular complexity index is 364. The molecule has 0 bridgehead atoms. The van der Waals surface area contributed by atoms with E-state index in [1.807, 2.05) is 0 Å². The Balaban J connectivity index is 3.11. The van der Waals surface area contributed by atoms with Crippen LogP contribution < -0.4 is 10.5 Å². The number of ether oxygens (including phenoxy) is 1. The van der Waals surface area contributed by atoms with Gasteiger partial charge in [-0.05, 0) is 38.8 Å². The zero-order chi connectivity index (χ0) is 12.3. The molecule has 0 spiro atoms. The van der Waals surface area contributed by atoms with Crippen LogP contribution in [0, 0.1) is 11.6 Å². The lowest BCUT2D eigenvalue weighted by Gasteiger charge is -2.16. The van der Waals surface area contributed by atoms with Gasteiger partial charge in [-0.3, -0.25) is 0 Å². The Morgan fingerprint density at radius 1 is 1.25 bits per heavy atom. The van der Waals surface area contributed by atoms with E-state index in [-0.39, 0.29) is 17.9 Å². The minimum Gasteiger partial charge on any atom is -0.488 e. The Hall–Kier alpha value is -1.16. The second kappa shape index (κ2) is 5.25. The van der Waals surface area contributed by atoms with Crippen LogP contribution in [0.5, 0.6) is 5.75 Å². The highest BCUT2D eigenvalue weighted by Crippen LogP contribution is 2.27. The van der Waals surface area contributed by atoms with Gasteiger partial charge in [0.15, 0.2) is 11.6 Å². The summed E-state index contributed by atoms with van der Waals surface area (Å²) >= 11 is 0. The molecule has 0 heterocycles. The van der Waals surface area contributed by atoms with Crippen LogP contribution in [0.25, 0.3) is 0 Å². The molecule has 1 aromatic carbocycles. The smallest absolute Gasteiger partial charge is 0.200 e.